The minimum absolute atomic E-state index is 0.103. The number of hydrogen-bond acceptors (Lipinski definition) is 6. The number of aliphatic hydroxyl groups excluding tert-OH is 1. The van der Waals surface area contributed by atoms with Gasteiger partial charge in [0, 0.05) is 29.7 Å². The number of tetrazole rings is 1. The highest BCUT2D eigenvalue weighted by molar-refractivity contribution is 7.98. The predicted molar refractivity (Wildman–Crippen MR) is 71.3 cm³/mol. The van der Waals surface area contributed by atoms with Gasteiger partial charge in [-0.25, -0.2) is 4.68 Å². The van der Waals surface area contributed by atoms with E-state index in [0.717, 1.165) is 16.5 Å². The molecule has 7 heteroatoms. The number of rotatable bonds is 4. The summed E-state index contributed by atoms with van der Waals surface area (Å²) >= 11 is 3.26. The Kier molecular flexibility index (Phi) is 4.75. The fourth-order valence-electron chi connectivity index (χ4n) is 1.25. The molecule has 0 saturated heterocycles. The van der Waals surface area contributed by atoms with Gasteiger partial charge in [-0.2, -0.15) is 0 Å². The van der Waals surface area contributed by atoms with Gasteiger partial charge in [-0.15, -0.1) is 16.4 Å². The first-order valence-electron chi connectivity index (χ1n) is 5.32. The van der Waals surface area contributed by atoms with E-state index in [9.17, 15) is 0 Å². The predicted octanol–water partition coefficient (Wildman–Crippen LogP) is 1.30. The molecule has 2 aromatic heterocycles. The van der Waals surface area contributed by atoms with Crippen LogP contribution in [-0.2, 0) is 12.8 Å². The van der Waals surface area contributed by atoms with Crippen LogP contribution in [0.25, 0.3) is 0 Å². The quantitative estimate of drug-likeness (QED) is 0.675. The van der Waals surface area contributed by atoms with Crippen molar-refractivity contribution in [3.8, 4) is 11.8 Å². The second kappa shape index (κ2) is 6.54. The molecule has 0 saturated carbocycles. The molecule has 0 unspecified atom stereocenters. The van der Waals surface area contributed by atoms with Gasteiger partial charge in [0.2, 0.25) is 5.16 Å². The van der Waals surface area contributed by atoms with Gasteiger partial charge in [0.15, 0.2) is 0 Å². The molecule has 0 atom stereocenters. The maximum atomic E-state index is 8.69. The van der Waals surface area contributed by atoms with E-state index >= 15 is 0 Å². The van der Waals surface area contributed by atoms with Crippen molar-refractivity contribution in [2.75, 3.05) is 6.61 Å². The Morgan fingerprint density at radius 3 is 3.17 bits per heavy atom. The Balaban J connectivity index is 2.00. The Morgan fingerprint density at radius 2 is 2.44 bits per heavy atom. The molecular formula is C11H12N4OS2. The summed E-state index contributed by atoms with van der Waals surface area (Å²) in [5.41, 5.74) is 1.02. The molecule has 0 aliphatic rings. The average molecular weight is 280 g/mol. The SMILES string of the molecule is Cn1nnnc1SCc1sccc1C#CCCO. The van der Waals surface area contributed by atoms with Crippen molar-refractivity contribution in [2.24, 2.45) is 7.05 Å². The summed E-state index contributed by atoms with van der Waals surface area (Å²) in [5, 5.41) is 22.8. The molecule has 0 aliphatic carbocycles. The van der Waals surface area contributed by atoms with Crippen molar-refractivity contribution >= 4 is 23.1 Å². The molecule has 0 radical (unpaired) electrons. The highest BCUT2D eigenvalue weighted by Gasteiger charge is 2.07. The third kappa shape index (κ3) is 3.32. The lowest BCUT2D eigenvalue weighted by Crippen LogP contribution is -1.93. The van der Waals surface area contributed by atoms with Crippen LogP contribution < -0.4 is 0 Å². The van der Waals surface area contributed by atoms with Gasteiger partial charge in [-0.1, -0.05) is 23.6 Å². The highest BCUT2D eigenvalue weighted by Crippen LogP contribution is 2.25. The maximum Gasteiger partial charge on any atom is 0.209 e. The molecule has 0 spiro atoms. The lowest BCUT2D eigenvalue weighted by molar-refractivity contribution is 0.305. The molecule has 0 amide bonds. The third-order valence-electron chi connectivity index (χ3n) is 2.12. The van der Waals surface area contributed by atoms with Gasteiger partial charge in [0.1, 0.15) is 0 Å². The molecule has 18 heavy (non-hydrogen) atoms. The standard InChI is InChI=1S/C11H12N4OS2/c1-15-11(12-13-14-15)18-8-10-9(5-7-17-10)4-2-3-6-16/h5,7,16H,3,6,8H2,1H3. The smallest absolute Gasteiger partial charge is 0.209 e. The molecule has 1 N–H and O–H groups in total. The van der Waals surface area contributed by atoms with Crippen LogP contribution in [0.1, 0.15) is 16.9 Å². The molecule has 2 aromatic rings. The number of nitrogens with zero attached hydrogens (tertiary/aromatic N) is 4. The molecule has 94 valence electrons. The summed E-state index contributed by atoms with van der Waals surface area (Å²) in [7, 11) is 1.82. The van der Waals surface area contributed by atoms with Gasteiger partial charge in [-0.3, -0.25) is 0 Å². The van der Waals surface area contributed by atoms with E-state index < -0.39 is 0 Å². The molecule has 2 heterocycles. The number of thioether (sulfide) groups is 1. The lowest BCUT2D eigenvalue weighted by atomic mass is 10.2. The fourth-order valence-corrected chi connectivity index (χ4v) is 3.05. The first-order valence-corrected chi connectivity index (χ1v) is 7.19. The molecule has 0 fully saturated rings. The fraction of sp³-hybridized carbons (Fsp3) is 0.364. The summed E-state index contributed by atoms with van der Waals surface area (Å²) in [5.74, 6) is 6.80. The van der Waals surface area contributed by atoms with Crippen LogP contribution in [0.4, 0.5) is 0 Å². The first kappa shape index (κ1) is 13.1. The van der Waals surface area contributed by atoms with Crippen molar-refractivity contribution in [1.82, 2.24) is 20.2 Å². The molecular weight excluding hydrogens is 268 g/mol. The van der Waals surface area contributed by atoms with E-state index in [0.29, 0.717) is 6.42 Å². The van der Waals surface area contributed by atoms with Gasteiger partial charge in [0.25, 0.3) is 0 Å². The third-order valence-corrected chi connectivity index (χ3v) is 4.26. The molecule has 0 bridgehead atoms. The second-order valence-corrected chi connectivity index (χ2v) is 5.35. The van der Waals surface area contributed by atoms with Crippen LogP contribution in [0, 0.1) is 11.8 Å². The van der Waals surface area contributed by atoms with Gasteiger partial charge < -0.3 is 5.11 Å². The van der Waals surface area contributed by atoms with Crippen molar-refractivity contribution in [2.45, 2.75) is 17.3 Å². The van der Waals surface area contributed by atoms with Gasteiger partial charge >= 0.3 is 0 Å². The second-order valence-electron chi connectivity index (χ2n) is 3.41. The molecule has 0 aromatic carbocycles. The van der Waals surface area contributed by atoms with Crippen LogP contribution in [0.5, 0.6) is 0 Å². The number of aromatic nitrogens is 4. The Hall–Kier alpha value is -1.36. The molecule has 5 nitrogen and oxygen atoms in total. The Morgan fingerprint density at radius 1 is 1.56 bits per heavy atom. The topological polar surface area (TPSA) is 63.8 Å². The van der Waals surface area contributed by atoms with Crippen molar-refractivity contribution in [3.05, 3.63) is 21.9 Å². The summed E-state index contributed by atoms with van der Waals surface area (Å²) in [6, 6.07) is 2.00. The Labute approximate surface area is 113 Å². The van der Waals surface area contributed by atoms with Crippen LogP contribution >= 0.6 is 23.1 Å². The minimum atomic E-state index is 0.103. The lowest BCUT2D eigenvalue weighted by Gasteiger charge is -1.98. The van der Waals surface area contributed by atoms with E-state index in [4.69, 9.17) is 5.11 Å². The number of aryl methyl sites for hydroxylation is 1. The number of aliphatic hydroxyl groups is 1. The average Bonchev–Trinajstić information content (AvgIpc) is 2.96. The summed E-state index contributed by atoms with van der Waals surface area (Å²) in [6.45, 7) is 0.103. The zero-order valence-corrected chi connectivity index (χ0v) is 11.5. The number of hydrogen-bond donors (Lipinski definition) is 1. The number of thiophene rings is 1. The Bertz CT molecular complexity index is 567. The highest BCUT2D eigenvalue weighted by atomic mass is 32.2. The zero-order chi connectivity index (χ0) is 12.8. The normalized spacial score (nSPS) is 10.1. The summed E-state index contributed by atoms with van der Waals surface area (Å²) in [4.78, 5) is 1.20. The van der Waals surface area contributed by atoms with E-state index in [2.05, 4.69) is 27.4 Å². The van der Waals surface area contributed by atoms with E-state index in [1.165, 1.54) is 4.88 Å². The van der Waals surface area contributed by atoms with E-state index in [1.54, 1.807) is 27.8 Å². The van der Waals surface area contributed by atoms with Crippen molar-refractivity contribution < 1.29 is 5.11 Å². The first-order chi connectivity index (χ1) is 8.81. The van der Waals surface area contributed by atoms with Gasteiger partial charge in [0.05, 0.1) is 6.61 Å². The van der Waals surface area contributed by atoms with Crippen LogP contribution in [0.3, 0.4) is 0 Å². The summed E-state index contributed by atoms with van der Waals surface area (Å²) < 4.78 is 1.65. The molecule has 0 aliphatic heterocycles. The minimum Gasteiger partial charge on any atom is -0.395 e. The van der Waals surface area contributed by atoms with Crippen LogP contribution in [0.15, 0.2) is 16.6 Å². The van der Waals surface area contributed by atoms with Crippen LogP contribution in [-0.4, -0.2) is 31.9 Å². The largest absolute Gasteiger partial charge is 0.395 e. The van der Waals surface area contributed by atoms with E-state index in [1.807, 2.05) is 18.5 Å². The van der Waals surface area contributed by atoms with Gasteiger partial charge in [-0.05, 0) is 21.9 Å². The van der Waals surface area contributed by atoms with Crippen molar-refractivity contribution in [1.29, 1.82) is 0 Å². The van der Waals surface area contributed by atoms with E-state index in [-0.39, 0.29) is 6.61 Å². The molecule has 2 rings (SSSR count). The van der Waals surface area contributed by atoms with Crippen molar-refractivity contribution in [3.63, 3.8) is 0 Å². The zero-order valence-electron chi connectivity index (χ0n) is 9.83. The van der Waals surface area contributed by atoms with Crippen LogP contribution in [0.2, 0.25) is 0 Å². The summed E-state index contributed by atoms with van der Waals surface area (Å²) in [6.07, 6.45) is 0.510. The maximum absolute atomic E-state index is 8.69. The monoisotopic (exact) mass is 280 g/mol.